The summed E-state index contributed by atoms with van der Waals surface area (Å²) >= 11 is 0. The normalized spacial score (nSPS) is 14.6. The van der Waals surface area contributed by atoms with E-state index < -0.39 is 22.3 Å². The second-order valence-corrected chi connectivity index (χ2v) is 7.26. The van der Waals surface area contributed by atoms with Crippen LogP contribution in [0.25, 0.3) is 0 Å². The molecule has 2 N–H and O–H groups in total. The summed E-state index contributed by atoms with van der Waals surface area (Å²) in [5.74, 6) is -0.940. The molecule has 0 aromatic rings. The zero-order chi connectivity index (χ0) is 15.2. The molecular weight excluding hydrogens is 268 g/mol. The summed E-state index contributed by atoms with van der Waals surface area (Å²) in [4.78, 5) is 24.1. The Kier molecular flexibility index (Phi) is 7.04. The van der Waals surface area contributed by atoms with E-state index >= 15 is 0 Å². The van der Waals surface area contributed by atoms with Gasteiger partial charge in [0.05, 0.1) is 6.42 Å². The third-order valence-corrected chi connectivity index (χ3v) is 4.01. The van der Waals surface area contributed by atoms with Gasteiger partial charge in [-0.15, -0.1) is 0 Å². The van der Waals surface area contributed by atoms with Crippen molar-refractivity contribution < 1.29 is 18.9 Å². The average Bonchev–Trinajstić information content (AvgIpc) is 2.23. The number of nitrogens with one attached hydrogen (secondary N) is 1. The van der Waals surface area contributed by atoms with Gasteiger partial charge in [0.15, 0.2) is 0 Å². The Morgan fingerprint density at radius 2 is 1.89 bits per heavy atom. The molecule has 0 rings (SSSR count). The van der Waals surface area contributed by atoms with Gasteiger partial charge < -0.3 is 15.3 Å². The van der Waals surface area contributed by atoms with Crippen LogP contribution in [0.4, 0.5) is 4.79 Å². The van der Waals surface area contributed by atoms with Crippen LogP contribution in [0.5, 0.6) is 0 Å². The fourth-order valence-corrected chi connectivity index (χ4v) is 1.71. The Hall–Kier alpha value is -1.11. The molecule has 6 nitrogen and oxygen atoms in total. The van der Waals surface area contributed by atoms with Gasteiger partial charge in [-0.25, -0.2) is 4.79 Å². The van der Waals surface area contributed by atoms with Gasteiger partial charge >= 0.3 is 12.0 Å². The molecule has 0 heterocycles. The molecular formula is C12H24N2O4S. The third-order valence-electron chi connectivity index (χ3n) is 2.71. The smallest absolute Gasteiger partial charge is 0.317 e. The molecule has 0 fully saturated rings. The van der Waals surface area contributed by atoms with Gasteiger partial charge in [0, 0.05) is 40.9 Å². The van der Waals surface area contributed by atoms with Gasteiger partial charge in [0.2, 0.25) is 0 Å². The third kappa shape index (κ3) is 7.15. The van der Waals surface area contributed by atoms with Crippen molar-refractivity contribution in [3.8, 4) is 0 Å². The largest absolute Gasteiger partial charge is 0.481 e. The summed E-state index contributed by atoms with van der Waals surface area (Å²) in [5, 5.41) is 11.3. The number of carboxylic acids is 1. The Morgan fingerprint density at radius 3 is 2.26 bits per heavy atom. The Bertz CT molecular complexity index is 352. The van der Waals surface area contributed by atoms with E-state index in [1.165, 1.54) is 4.90 Å². The quantitative estimate of drug-likeness (QED) is 0.766. The number of hydrogen-bond acceptors (Lipinski definition) is 3. The number of hydrogen-bond donors (Lipinski definition) is 2. The lowest BCUT2D eigenvalue weighted by atomic mass is 10.1. The van der Waals surface area contributed by atoms with Crippen molar-refractivity contribution in [1.29, 1.82) is 0 Å². The van der Waals surface area contributed by atoms with E-state index in [2.05, 4.69) is 5.32 Å². The monoisotopic (exact) mass is 292 g/mol. The highest BCUT2D eigenvalue weighted by Gasteiger charge is 2.27. The first-order valence-corrected chi connectivity index (χ1v) is 7.77. The minimum atomic E-state index is -1.000. The summed E-state index contributed by atoms with van der Waals surface area (Å²) in [7, 11) is -1.000. The van der Waals surface area contributed by atoms with Crippen molar-refractivity contribution in [2.24, 2.45) is 0 Å². The number of nitrogens with zero attached hydrogens (tertiary/aromatic N) is 1. The molecule has 0 saturated carbocycles. The van der Waals surface area contributed by atoms with Crippen molar-refractivity contribution in [3.63, 3.8) is 0 Å². The Balaban J connectivity index is 4.56. The second-order valence-electron chi connectivity index (χ2n) is 5.46. The van der Waals surface area contributed by atoms with Gasteiger partial charge in [0.1, 0.15) is 0 Å². The van der Waals surface area contributed by atoms with Crippen LogP contribution in [-0.2, 0) is 15.6 Å². The molecule has 19 heavy (non-hydrogen) atoms. The van der Waals surface area contributed by atoms with E-state index in [4.69, 9.17) is 5.11 Å². The standard InChI is InChI=1S/C12H24N2O4S/c1-9(19(5)18)8-13-11(17)14(12(2,3)4)7-6-10(15)16/h9H,6-8H2,1-5H3,(H,13,17)(H,15,16). The Morgan fingerprint density at radius 1 is 1.37 bits per heavy atom. The minimum Gasteiger partial charge on any atom is -0.481 e. The lowest BCUT2D eigenvalue weighted by molar-refractivity contribution is -0.137. The maximum atomic E-state index is 12.1. The lowest BCUT2D eigenvalue weighted by Crippen LogP contribution is -2.52. The number of rotatable bonds is 6. The summed E-state index contributed by atoms with van der Waals surface area (Å²) in [6, 6.07) is -0.328. The molecule has 0 saturated heterocycles. The van der Waals surface area contributed by atoms with E-state index in [1.54, 1.807) is 13.2 Å². The van der Waals surface area contributed by atoms with Crippen LogP contribution in [-0.4, -0.2) is 56.3 Å². The number of carbonyl (C=O) groups excluding carboxylic acids is 1. The maximum Gasteiger partial charge on any atom is 0.317 e. The lowest BCUT2D eigenvalue weighted by Gasteiger charge is -2.35. The predicted molar refractivity (Wildman–Crippen MR) is 75.6 cm³/mol. The molecule has 0 aromatic heterocycles. The summed E-state index contributed by atoms with van der Waals surface area (Å²) in [6.07, 6.45) is 1.49. The van der Waals surface area contributed by atoms with Crippen molar-refractivity contribution in [1.82, 2.24) is 10.2 Å². The number of carboxylic acid groups (broad SMARTS) is 1. The molecule has 2 unspecified atom stereocenters. The van der Waals surface area contributed by atoms with Crippen LogP contribution in [0, 0.1) is 0 Å². The van der Waals surface area contributed by atoms with E-state index in [0.717, 1.165) is 0 Å². The van der Waals surface area contributed by atoms with Gasteiger partial charge in [-0.1, -0.05) is 0 Å². The number of urea groups is 1. The van der Waals surface area contributed by atoms with Crippen LogP contribution < -0.4 is 5.32 Å². The molecule has 0 bridgehead atoms. The van der Waals surface area contributed by atoms with Gasteiger partial charge in [-0.05, 0) is 27.7 Å². The summed E-state index contributed by atoms with van der Waals surface area (Å²) in [6.45, 7) is 7.77. The highest BCUT2D eigenvalue weighted by atomic mass is 32.2. The molecule has 0 aliphatic carbocycles. The SMILES string of the molecule is CC(CNC(=O)N(CCC(=O)O)C(C)(C)C)S(C)=O. The predicted octanol–water partition coefficient (Wildman–Crippen LogP) is 1.04. The van der Waals surface area contributed by atoms with Crippen LogP contribution >= 0.6 is 0 Å². The van der Waals surface area contributed by atoms with Crippen LogP contribution in [0.1, 0.15) is 34.1 Å². The van der Waals surface area contributed by atoms with Gasteiger partial charge in [-0.3, -0.25) is 9.00 Å². The van der Waals surface area contributed by atoms with Crippen molar-refractivity contribution in [3.05, 3.63) is 0 Å². The highest BCUT2D eigenvalue weighted by molar-refractivity contribution is 7.84. The highest BCUT2D eigenvalue weighted by Crippen LogP contribution is 2.14. The van der Waals surface area contributed by atoms with E-state index in [9.17, 15) is 13.8 Å². The number of amides is 2. The fourth-order valence-electron chi connectivity index (χ4n) is 1.39. The first kappa shape index (κ1) is 17.9. The van der Waals surface area contributed by atoms with Crippen molar-refractivity contribution in [2.45, 2.75) is 44.9 Å². The second kappa shape index (κ2) is 7.47. The molecule has 0 aromatic carbocycles. The topological polar surface area (TPSA) is 86.7 Å². The minimum absolute atomic E-state index is 0.0973. The van der Waals surface area contributed by atoms with Crippen LogP contribution in [0.3, 0.4) is 0 Å². The molecule has 0 aliphatic rings. The molecule has 0 radical (unpaired) electrons. The molecule has 7 heteroatoms. The summed E-state index contributed by atoms with van der Waals surface area (Å²) in [5.41, 5.74) is -0.464. The molecule has 0 aliphatic heterocycles. The Labute approximate surface area is 117 Å². The van der Waals surface area contributed by atoms with Crippen LogP contribution in [0.15, 0.2) is 0 Å². The first-order valence-electron chi connectivity index (χ1n) is 6.15. The summed E-state index contributed by atoms with van der Waals surface area (Å²) < 4.78 is 11.2. The molecule has 2 amide bonds. The van der Waals surface area contributed by atoms with Gasteiger partial charge in [-0.2, -0.15) is 0 Å². The molecule has 0 spiro atoms. The fraction of sp³-hybridized carbons (Fsp3) is 0.833. The van der Waals surface area contributed by atoms with Crippen LogP contribution in [0.2, 0.25) is 0 Å². The van der Waals surface area contributed by atoms with E-state index in [0.29, 0.717) is 6.54 Å². The molecule has 2 atom stereocenters. The first-order chi connectivity index (χ1) is 8.55. The van der Waals surface area contributed by atoms with E-state index in [1.807, 2.05) is 20.8 Å². The van der Waals surface area contributed by atoms with Crippen molar-refractivity contribution in [2.75, 3.05) is 19.3 Å². The number of aliphatic carboxylic acids is 1. The zero-order valence-electron chi connectivity index (χ0n) is 12.2. The average molecular weight is 292 g/mol. The number of carbonyl (C=O) groups is 2. The van der Waals surface area contributed by atoms with Crippen molar-refractivity contribution >= 4 is 22.8 Å². The zero-order valence-corrected chi connectivity index (χ0v) is 13.0. The van der Waals surface area contributed by atoms with E-state index in [-0.39, 0.29) is 24.2 Å². The molecule has 112 valence electrons. The van der Waals surface area contributed by atoms with Gasteiger partial charge in [0.25, 0.3) is 0 Å². The maximum absolute atomic E-state index is 12.1.